The average molecular weight is 224 g/mol. The van der Waals surface area contributed by atoms with Crippen molar-refractivity contribution in [2.24, 2.45) is 0 Å². The fourth-order valence-electron chi connectivity index (χ4n) is 2.08. The van der Waals surface area contributed by atoms with E-state index in [1.165, 1.54) is 38.1 Å². The quantitative estimate of drug-likeness (QED) is 0.604. The van der Waals surface area contributed by atoms with Crippen molar-refractivity contribution in [3.63, 3.8) is 0 Å². The van der Waals surface area contributed by atoms with Crippen molar-refractivity contribution in [1.82, 2.24) is 15.1 Å². The van der Waals surface area contributed by atoms with Crippen LogP contribution in [0.25, 0.3) is 0 Å². The van der Waals surface area contributed by atoms with Gasteiger partial charge in [-0.05, 0) is 12.8 Å². The standard InChI is InChI=1S/C10H16N4O2/c15-14(16)10-7-12-13(8-10)6-5-11-9-3-1-2-4-9/h7-9,11H,1-6H2. The highest BCUT2D eigenvalue weighted by Crippen LogP contribution is 2.17. The van der Waals surface area contributed by atoms with Gasteiger partial charge < -0.3 is 5.32 Å². The maximum atomic E-state index is 10.4. The zero-order chi connectivity index (χ0) is 11.4. The van der Waals surface area contributed by atoms with Crippen LogP contribution >= 0.6 is 0 Å². The summed E-state index contributed by atoms with van der Waals surface area (Å²) in [6, 6.07) is 0.630. The molecule has 6 nitrogen and oxygen atoms in total. The maximum absolute atomic E-state index is 10.4. The lowest BCUT2D eigenvalue weighted by Gasteiger charge is -2.10. The molecule has 88 valence electrons. The Morgan fingerprint density at radius 1 is 1.56 bits per heavy atom. The number of rotatable bonds is 5. The highest BCUT2D eigenvalue weighted by Gasteiger charge is 2.14. The molecule has 1 aromatic rings. The lowest BCUT2D eigenvalue weighted by atomic mass is 10.2. The Bertz CT molecular complexity index is 357. The number of hydrogen-bond acceptors (Lipinski definition) is 4. The van der Waals surface area contributed by atoms with Crippen LogP contribution in [-0.2, 0) is 6.54 Å². The first-order valence-corrected chi connectivity index (χ1v) is 5.66. The maximum Gasteiger partial charge on any atom is 0.306 e. The summed E-state index contributed by atoms with van der Waals surface area (Å²) in [4.78, 5) is 10.0. The van der Waals surface area contributed by atoms with Crippen LogP contribution in [0.1, 0.15) is 25.7 Å². The smallest absolute Gasteiger partial charge is 0.306 e. The summed E-state index contributed by atoms with van der Waals surface area (Å²) in [5.74, 6) is 0. The molecule has 6 heteroatoms. The zero-order valence-corrected chi connectivity index (χ0v) is 9.13. The van der Waals surface area contributed by atoms with Gasteiger partial charge >= 0.3 is 5.69 Å². The number of nitrogens with one attached hydrogen (secondary N) is 1. The van der Waals surface area contributed by atoms with Crippen LogP contribution in [0.15, 0.2) is 12.4 Å². The second kappa shape index (κ2) is 5.07. The van der Waals surface area contributed by atoms with Crippen LogP contribution in [-0.4, -0.2) is 27.3 Å². The molecule has 0 unspecified atom stereocenters. The van der Waals surface area contributed by atoms with Crippen molar-refractivity contribution >= 4 is 5.69 Å². The highest BCUT2D eigenvalue weighted by molar-refractivity contribution is 5.20. The van der Waals surface area contributed by atoms with Crippen molar-refractivity contribution in [1.29, 1.82) is 0 Å². The molecule has 1 N–H and O–H groups in total. The highest BCUT2D eigenvalue weighted by atomic mass is 16.6. The Hall–Kier alpha value is -1.43. The zero-order valence-electron chi connectivity index (χ0n) is 9.13. The number of aromatic nitrogens is 2. The molecular formula is C10H16N4O2. The van der Waals surface area contributed by atoms with E-state index in [0.717, 1.165) is 6.54 Å². The lowest BCUT2D eigenvalue weighted by molar-refractivity contribution is -0.385. The van der Waals surface area contributed by atoms with Gasteiger partial charge in [-0.15, -0.1) is 0 Å². The molecule has 2 rings (SSSR count). The van der Waals surface area contributed by atoms with Gasteiger partial charge in [-0.1, -0.05) is 12.8 Å². The van der Waals surface area contributed by atoms with Crippen molar-refractivity contribution in [3.8, 4) is 0 Å². The molecule has 1 fully saturated rings. The molecule has 0 radical (unpaired) electrons. The second-order valence-corrected chi connectivity index (χ2v) is 4.15. The van der Waals surface area contributed by atoms with E-state index in [2.05, 4.69) is 10.4 Å². The average Bonchev–Trinajstić information content (AvgIpc) is 2.87. The van der Waals surface area contributed by atoms with Crippen molar-refractivity contribution in [2.75, 3.05) is 6.54 Å². The first-order valence-electron chi connectivity index (χ1n) is 5.66. The van der Waals surface area contributed by atoms with Crippen molar-refractivity contribution < 1.29 is 4.92 Å². The number of nitrogens with zero attached hydrogens (tertiary/aromatic N) is 3. The molecule has 0 aromatic carbocycles. The van der Waals surface area contributed by atoms with Gasteiger partial charge in [-0.2, -0.15) is 5.10 Å². The van der Waals surface area contributed by atoms with E-state index < -0.39 is 4.92 Å². The minimum atomic E-state index is -0.423. The van der Waals surface area contributed by atoms with Crippen molar-refractivity contribution in [2.45, 2.75) is 38.3 Å². The molecule has 0 aliphatic heterocycles. The van der Waals surface area contributed by atoms with Gasteiger partial charge in [0.1, 0.15) is 12.4 Å². The van der Waals surface area contributed by atoms with E-state index >= 15 is 0 Å². The predicted octanol–water partition coefficient (Wildman–Crippen LogP) is 1.32. The summed E-state index contributed by atoms with van der Waals surface area (Å²) < 4.78 is 1.61. The minimum absolute atomic E-state index is 0.0564. The molecule has 0 amide bonds. The molecule has 16 heavy (non-hydrogen) atoms. The van der Waals surface area contributed by atoms with Gasteiger partial charge in [0.2, 0.25) is 0 Å². The fourth-order valence-corrected chi connectivity index (χ4v) is 2.08. The van der Waals surface area contributed by atoms with Crippen LogP contribution < -0.4 is 5.32 Å². The third-order valence-corrected chi connectivity index (χ3v) is 2.96. The van der Waals surface area contributed by atoms with E-state index in [-0.39, 0.29) is 5.69 Å². The van der Waals surface area contributed by atoms with Crippen molar-refractivity contribution in [3.05, 3.63) is 22.5 Å². The van der Waals surface area contributed by atoms with Gasteiger partial charge in [-0.3, -0.25) is 14.8 Å². The van der Waals surface area contributed by atoms with Gasteiger partial charge in [0.25, 0.3) is 0 Å². The van der Waals surface area contributed by atoms with E-state index in [0.29, 0.717) is 12.6 Å². The molecule has 0 spiro atoms. The summed E-state index contributed by atoms with van der Waals surface area (Å²) >= 11 is 0. The topological polar surface area (TPSA) is 73.0 Å². The molecular weight excluding hydrogens is 208 g/mol. The molecule has 1 aliphatic rings. The molecule has 0 saturated heterocycles. The summed E-state index contributed by atoms with van der Waals surface area (Å²) in [7, 11) is 0. The Labute approximate surface area is 93.8 Å². The molecule has 0 bridgehead atoms. The predicted molar refractivity (Wildman–Crippen MR) is 59.1 cm³/mol. The molecule has 1 aliphatic carbocycles. The van der Waals surface area contributed by atoms with Crippen LogP contribution in [0.3, 0.4) is 0 Å². The second-order valence-electron chi connectivity index (χ2n) is 4.15. The molecule has 0 atom stereocenters. The third kappa shape index (κ3) is 2.79. The molecule has 1 saturated carbocycles. The largest absolute Gasteiger partial charge is 0.312 e. The Balaban J connectivity index is 1.74. The van der Waals surface area contributed by atoms with Crippen LogP contribution in [0.2, 0.25) is 0 Å². The Morgan fingerprint density at radius 2 is 2.31 bits per heavy atom. The van der Waals surface area contributed by atoms with Crippen LogP contribution in [0.4, 0.5) is 5.69 Å². The van der Waals surface area contributed by atoms with Crippen LogP contribution in [0, 0.1) is 10.1 Å². The lowest BCUT2D eigenvalue weighted by Crippen LogP contribution is -2.29. The minimum Gasteiger partial charge on any atom is -0.312 e. The van der Waals surface area contributed by atoms with E-state index in [9.17, 15) is 10.1 Å². The first kappa shape index (κ1) is 11.1. The van der Waals surface area contributed by atoms with Gasteiger partial charge in [0.15, 0.2) is 0 Å². The number of hydrogen-bond donors (Lipinski definition) is 1. The number of nitro groups is 1. The fraction of sp³-hybridized carbons (Fsp3) is 0.700. The molecule has 1 heterocycles. The Morgan fingerprint density at radius 3 is 2.94 bits per heavy atom. The summed E-state index contributed by atoms with van der Waals surface area (Å²) in [6.45, 7) is 1.51. The third-order valence-electron chi connectivity index (χ3n) is 2.96. The monoisotopic (exact) mass is 224 g/mol. The van der Waals surface area contributed by atoms with Gasteiger partial charge in [0, 0.05) is 12.6 Å². The first-order chi connectivity index (χ1) is 7.75. The van der Waals surface area contributed by atoms with E-state index in [1.54, 1.807) is 4.68 Å². The van der Waals surface area contributed by atoms with Gasteiger partial charge in [-0.25, -0.2) is 0 Å². The summed E-state index contributed by atoms with van der Waals surface area (Å²) in [5, 5.41) is 17.8. The normalized spacial score (nSPS) is 16.8. The van der Waals surface area contributed by atoms with E-state index in [1.807, 2.05) is 0 Å². The van der Waals surface area contributed by atoms with E-state index in [4.69, 9.17) is 0 Å². The Kier molecular flexibility index (Phi) is 3.51. The summed E-state index contributed by atoms with van der Waals surface area (Å²) in [6.07, 6.45) is 7.88. The SMILES string of the molecule is O=[N+]([O-])c1cnn(CCNC2CCCC2)c1. The summed E-state index contributed by atoms with van der Waals surface area (Å²) in [5.41, 5.74) is 0.0564. The van der Waals surface area contributed by atoms with Crippen LogP contribution in [0.5, 0.6) is 0 Å². The molecule has 1 aromatic heterocycles. The van der Waals surface area contributed by atoms with Gasteiger partial charge in [0.05, 0.1) is 11.5 Å².